The number of hydrogen-bond donors (Lipinski definition) is 0. The van der Waals surface area contributed by atoms with Crippen LogP contribution in [0.5, 0.6) is 0 Å². The molecule has 0 N–H and O–H groups in total. The van der Waals surface area contributed by atoms with Crippen molar-refractivity contribution in [3.05, 3.63) is 176 Å². The van der Waals surface area contributed by atoms with Crippen molar-refractivity contribution < 1.29 is 4.42 Å². The summed E-state index contributed by atoms with van der Waals surface area (Å²) in [6, 6.07) is 63.4. The Kier molecular flexibility index (Phi) is 6.39. The van der Waals surface area contributed by atoms with Crippen LogP contribution in [0.1, 0.15) is 0 Å². The molecular formula is C46H29NOS. The molecule has 0 amide bonds. The average Bonchev–Trinajstić information content (AvgIpc) is 3.73. The summed E-state index contributed by atoms with van der Waals surface area (Å²) in [5.41, 5.74) is 9.92. The number of nitrogens with zero attached hydrogens (tertiary/aromatic N) is 1. The van der Waals surface area contributed by atoms with Crippen molar-refractivity contribution in [1.82, 2.24) is 0 Å². The number of rotatable bonds is 5. The van der Waals surface area contributed by atoms with Crippen LogP contribution in [0.4, 0.5) is 17.1 Å². The molecule has 3 heteroatoms. The molecule has 0 saturated carbocycles. The summed E-state index contributed by atoms with van der Waals surface area (Å²) in [5.74, 6) is 0. The van der Waals surface area contributed by atoms with Gasteiger partial charge in [-0.05, 0) is 99.8 Å². The SMILES string of the molecule is c1cc(-c2ccc3ccccc3c2)cc(N(c2ccc(-c3ccc4oc5ccccc5c4c3)cc2)c2ccc3c(c2)sc2ccccc23)c1. The fourth-order valence-electron chi connectivity index (χ4n) is 7.20. The average molecular weight is 644 g/mol. The maximum atomic E-state index is 6.10. The van der Waals surface area contributed by atoms with Gasteiger partial charge in [-0.1, -0.05) is 109 Å². The van der Waals surface area contributed by atoms with Crippen molar-refractivity contribution >= 4 is 81.3 Å². The van der Waals surface area contributed by atoms with E-state index in [1.165, 1.54) is 53.2 Å². The molecule has 0 fully saturated rings. The summed E-state index contributed by atoms with van der Waals surface area (Å²) in [6.07, 6.45) is 0. The van der Waals surface area contributed by atoms with Crippen molar-refractivity contribution in [2.24, 2.45) is 0 Å². The van der Waals surface area contributed by atoms with Crippen molar-refractivity contribution in [2.45, 2.75) is 0 Å². The summed E-state index contributed by atoms with van der Waals surface area (Å²) in [6.45, 7) is 0. The number of furan rings is 1. The van der Waals surface area contributed by atoms with Crippen LogP contribution in [0.25, 0.3) is 75.1 Å². The van der Waals surface area contributed by atoms with E-state index in [-0.39, 0.29) is 0 Å². The molecule has 230 valence electrons. The summed E-state index contributed by atoms with van der Waals surface area (Å²) in [4.78, 5) is 2.38. The van der Waals surface area contributed by atoms with Gasteiger partial charge in [-0.25, -0.2) is 0 Å². The Labute approximate surface area is 287 Å². The largest absolute Gasteiger partial charge is 0.456 e. The molecule has 0 aliphatic heterocycles. The van der Waals surface area contributed by atoms with Crippen LogP contribution in [0.2, 0.25) is 0 Å². The summed E-state index contributed by atoms with van der Waals surface area (Å²) in [5, 5.41) is 7.39. The third-order valence-corrected chi connectivity index (χ3v) is 10.8. The summed E-state index contributed by atoms with van der Waals surface area (Å²) in [7, 11) is 0. The topological polar surface area (TPSA) is 16.4 Å². The second kappa shape index (κ2) is 11.2. The van der Waals surface area contributed by atoms with Gasteiger partial charge >= 0.3 is 0 Å². The lowest BCUT2D eigenvalue weighted by Gasteiger charge is -2.26. The molecule has 10 rings (SSSR count). The van der Waals surface area contributed by atoms with Crippen molar-refractivity contribution in [3.8, 4) is 22.3 Å². The second-order valence-corrected chi connectivity index (χ2v) is 13.7. The van der Waals surface area contributed by atoms with Crippen LogP contribution in [0, 0.1) is 0 Å². The Morgan fingerprint density at radius 2 is 1.00 bits per heavy atom. The number of thiophene rings is 1. The van der Waals surface area contributed by atoms with Crippen LogP contribution in [0.15, 0.2) is 180 Å². The molecule has 10 aromatic rings. The first-order valence-corrected chi connectivity index (χ1v) is 17.4. The molecule has 0 atom stereocenters. The molecule has 0 saturated heterocycles. The van der Waals surface area contributed by atoms with Gasteiger partial charge in [0.25, 0.3) is 0 Å². The van der Waals surface area contributed by atoms with Gasteiger partial charge in [0.2, 0.25) is 0 Å². The van der Waals surface area contributed by atoms with Crippen LogP contribution in [-0.2, 0) is 0 Å². The lowest BCUT2D eigenvalue weighted by atomic mass is 10.00. The number of fused-ring (bicyclic) bond motifs is 7. The third kappa shape index (κ3) is 4.78. The zero-order valence-electron chi connectivity index (χ0n) is 26.5. The zero-order valence-corrected chi connectivity index (χ0v) is 27.3. The highest BCUT2D eigenvalue weighted by Gasteiger charge is 2.16. The number of para-hydroxylation sites is 1. The van der Waals surface area contributed by atoms with Gasteiger partial charge < -0.3 is 9.32 Å². The molecule has 0 aliphatic rings. The predicted octanol–water partition coefficient (Wildman–Crippen LogP) is 13.9. The Morgan fingerprint density at radius 1 is 0.347 bits per heavy atom. The van der Waals surface area contributed by atoms with Crippen molar-refractivity contribution in [1.29, 1.82) is 0 Å². The first-order valence-electron chi connectivity index (χ1n) is 16.6. The van der Waals surface area contributed by atoms with E-state index in [2.05, 4.69) is 169 Å². The molecule has 0 unspecified atom stereocenters. The van der Waals surface area contributed by atoms with Gasteiger partial charge in [0.15, 0.2) is 0 Å². The molecule has 2 nitrogen and oxygen atoms in total. The van der Waals surface area contributed by atoms with Crippen molar-refractivity contribution in [3.63, 3.8) is 0 Å². The smallest absolute Gasteiger partial charge is 0.135 e. The monoisotopic (exact) mass is 643 g/mol. The molecule has 0 bridgehead atoms. The van der Waals surface area contributed by atoms with E-state index < -0.39 is 0 Å². The normalized spacial score (nSPS) is 11.7. The van der Waals surface area contributed by atoms with Crippen LogP contribution >= 0.6 is 11.3 Å². The maximum Gasteiger partial charge on any atom is 0.135 e. The van der Waals surface area contributed by atoms with Gasteiger partial charge in [0.05, 0.1) is 0 Å². The molecule has 0 spiro atoms. The van der Waals surface area contributed by atoms with Gasteiger partial charge in [0.1, 0.15) is 11.2 Å². The van der Waals surface area contributed by atoms with E-state index >= 15 is 0 Å². The lowest BCUT2D eigenvalue weighted by molar-refractivity contribution is 0.669. The van der Waals surface area contributed by atoms with Crippen LogP contribution < -0.4 is 4.90 Å². The van der Waals surface area contributed by atoms with E-state index in [0.29, 0.717) is 0 Å². The highest BCUT2D eigenvalue weighted by Crippen LogP contribution is 2.42. The third-order valence-electron chi connectivity index (χ3n) is 9.64. The van der Waals surface area contributed by atoms with Gasteiger partial charge in [0, 0.05) is 48.0 Å². The van der Waals surface area contributed by atoms with Gasteiger partial charge in [-0.2, -0.15) is 0 Å². The highest BCUT2D eigenvalue weighted by molar-refractivity contribution is 7.25. The Hall–Kier alpha value is -6.16. The zero-order chi connectivity index (χ0) is 32.3. The fourth-order valence-corrected chi connectivity index (χ4v) is 8.34. The van der Waals surface area contributed by atoms with Gasteiger partial charge in [-0.3, -0.25) is 0 Å². The lowest BCUT2D eigenvalue weighted by Crippen LogP contribution is -2.09. The molecular weight excluding hydrogens is 615 g/mol. The first-order chi connectivity index (χ1) is 24.2. The minimum atomic E-state index is 0.913. The van der Waals surface area contributed by atoms with E-state index in [9.17, 15) is 0 Å². The van der Waals surface area contributed by atoms with Crippen molar-refractivity contribution in [2.75, 3.05) is 4.90 Å². The molecule has 2 heterocycles. The number of anilines is 3. The molecule has 0 aliphatic carbocycles. The number of benzene rings is 8. The van der Waals surface area contributed by atoms with E-state index in [0.717, 1.165) is 39.0 Å². The summed E-state index contributed by atoms with van der Waals surface area (Å²) < 4.78 is 8.69. The second-order valence-electron chi connectivity index (χ2n) is 12.6. The first kappa shape index (κ1) is 27.9. The minimum Gasteiger partial charge on any atom is -0.456 e. The van der Waals surface area contributed by atoms with Crippen LogP contribution in [-0.4, -0.2) is 0 Å². The van der Waals surface area contributed by atoms with Gasteiger partial charge in [-0.15, -0.1) is 11.3 Å². The maximum absolute atomic E-state index is 6.10. The fraction of sp³-hybridized carbons (Fsp3) is 0. The Balaban J connectivity index is 1.09. The molecule has 8 aromatic carbocycles. The quantitative estimate of drug-likeness (QED) is 0.186. The molecule has 0 radical (unpaired) electrons. The van der Waals surface area contributed by atoms with E-state index in [4.69, 9.17) is 4.42 Å². The molecule has 2 aromatic heterocycles. The van der Waals surface area contributed by atoms with E-state index in [1.54, 1.807) is 0 Å². The Morgan fingerprint density at radius 3 is 1.92 bits per heavy atom. The molecule has 49 heavy (non-hydrogen) atoms. The Bertz CT molecular complexity index is 2840. The predicted molar refractivity (Wildman–Crippen MR) is 210 cm³/mol. The van der Waals surface area contributed by atoms with E-state index in [1.807, 2.05) is 23.5 Å². The highest BCUT2D eigenvalue weighted by atomic mass is 32.1. The van der Waals surface area contributed by atoms with Crippen LogP contribution in [0.3, 0.4) is 0 Å². The number of hydrogen-bond acceptors (Lipinski definition) is 3. The standard InChI is InChI=1S/C46H29NOS/c1-2-9-32-26-34(17-16-30(32)8-1)33-10-7-11-37(27-33)47(38-23-24-41-40-13-4-6-15-45(40)49-46(41)29-38)36-21-18-31(19-22-36)35-20-25-44-42(28-35)39-12-3-5-14-43(39)48-44/h1-29H. The summed E-state index contributed by atoms with van der Waals surface area (Å²) >= 11 is 1.85. The minimum absolute atomic E-state index is 0.913.